The van der Waals surface area contributed by atoms with E-state index in [1.165, 1.54) is 0 Å². The van der Waals surface area contributed by atoms with Crippen LogP contribution in [0, 0.1) is 0 Å². The number of nitrogens with zero attached hydrogens (tertiary/aromatic N) is 8. The van der Waals surface area contributed by atoms with Crippen molar-refractivity contribution in [2.45, 2.75) is 33.6 Å². The Balaban J connectivity index is 1.30. The van der Waals surface area contributed by atoms with Gasteiger partial charge in [0, 0.05) is 13.1 Å². The van der Waals surface area contributed by atoms with Crippen LogP contribution < -0.4 is 0 Å². The lowest BCUT2D eigenvalue weighted by molar-refractivity contribution is 0.171. The minimum Gasteiger partial charge on any atom is -0.285 e. The number of fused-ring (bicyclic) bond motifs is 2. The third-order valence-corrected chi connectivity index (χ3v) is 5.25. The second-order valence-corrected chi connectivity index (χ2v) is 7.20. The molecule has 0 amide bonds. The van der Waals surface area contributed by atoms with Gasteiger partial charge in [-0.15, -0.1) is 5.10 Å². The van der Waals surface area contributed by atoms with Gasteiger partial charge < -0.3 is 0 Å². The van der Waals surface area contributed by atoms with Crippen LogP contribution in [0.3, 0.4) is 0 Å². The maximum atomic E-state index is 4.57. The SMILES string of the molecule is CCN(CCCN(CC)Cn1nnc2ccccc21)Cn1nc2ccccc2n1. The highest BCUT2D eigenvalue weighted by Gasteiger charge is 2.11. The predicted molar refractivity (Wildman–Crippen MR) is 114 cm³/mol. The van der Waals surface area contributed by atoms with E-state index in [2.05, 4.69) is 50.2 Å². The van der Waals surface area contributed by atoms with Crippen LogP contribution >= 0.6 is 0 Å². The molecule has 4 aromatic rings. The molecule has 0 aliphatic heterocycles. The Labute approximate surface area is 170 Å². The van der Waals surface area contributed by atoms with Crippen LogP contribution in [0.1, 0.15) is 20.3 Å². The van der Waals surface area contributed by atoms with Crippen LogP contribution in [0.25, 0.3) is 22.1 Å². The van der Waals surface area contributed by atoms with E-state index in [1.807, 2.05) is 47.1 Å². The van der Waals surface area contributed by atoms with Crippen LogP contribution in [0.15, 0.2) is 48.5 Å². The van der Waals surface area contributed by atoms with Crippen LogP contribution in [0.5, 0.6) is 0 Å². The molecule has 0 saturated heterocycles. The monoisotopic (exact) mass is 392 g/mol. The largest absolute Gasteiger partial charge is 0.285 e. The molecule has 152 valence electrons. The molecule has 2 aromatic carbocycles. The summed E-state index contributed by atoms with van der Waals surface area (Å²) in [6.07, 6.45) is 1.08. The molecule has 0 aliphatic carbocycles. The van der Waals surface area contributed by atoms with E-state index < -0.39 is 0 Å². The van der Waals surface area contributed by atoms with Gasteiger partial charge in [-0.05, 0) is 43.8 Å². The van der Waals surface area contributed by atoms with Gasteiger partial charge in [-0.3, -0.25) is 9.80 Å². The summed E-state index contributed by atoms with van der Waals surface area (Å²) in [5.74, 6) is 0. The van der Waals surface area contributed by atoms with Crippen LogP contribution in [0.4, 0.5) is 0 Å². The predicted octanol–water partition coefficient (Wildman–Crippen LogP) is 2.83. The molecular formula is C21H28N8. The first-order valence-corrected chi connectivity index (χ1v) is 10.3. The van der Waals surface area contributed by atoms with E-state index in [1.54, 1.807) is 4.80 Å². The highest BCUT2D eigenvalue weighted by atomic mass is 15.5. The molecule has 0 saturated carbocycles. The number of para-hydroxylation sites is 1. The molecule has 4 rings (SSSR count). The van der Waals surface area contributed by atoms with Crippen LogP contribution in [0.2, 0.25) is 0 Å². The van der Waals surface area contributed by atoms with Crippen molar-refractivity contribution in [2.75, 3.05) is 26.2 Å². The topological polar surface area (TPSA) is 67.9 Å². The molecule has 0 unspecified atom stereocenters. The fraction of sp³-hybridized carbons (Fsp3) is 0.429. The maximum absolute atomic E-state index is 4.57. The Morgan fingerprint density at radius 1 is 0.759 bits per heavy atom. The zero-order valence-electron chi connectivity index (χ0n) is 17.1. The van der Waals surface area contributed by atoms with Crippen LogP contribution in [-0.4, -0.2) is 66.0 Å². The molecule has 2 aromatic heterocycles. The summed E-state index contributed by atoms with van der Waals surface area (Å²) in [5.41, 5.74) is 3.92. The van der Waals surface area contributed by atoms with Crippen molar-refractivity contribution >= 4 is 22.1 Å². The summed E-state index contributed by atoms with van der Waals surface area (Å²) in [6, 6.07) is 16.1. The average Bonchev–Trinajstić information content (AvgIpc) is 3.35. The van der Waals surface area contributed by atoms with Crippen molar-refractivity contribution in [2.24, 2.45) is 0 Å². The first-order chi connectivity index (χ1) is 14.3. The summed E-state index contributed by atoms with van der Waals surface area (Å²) >= 11 is 0. The fourth-order valence-corrected chi connectivity index (χ4v) is 3.53. The first kappa shape index (κ1) is 19.5. The standard InChI is InChI=1S/C21H28N8/c1-3-26(16-28-21-13-8-7-12-20(21)22-25-28)14-9-15-27(4-2)17-29-23-18-10-5-6-11-19(18)24-29/h5-8,10-13H,3-4,9,14-17H2,1-2H3. The molecule has 2 heterocycles. The maximum Gasteiger partial charge on any atom is 0.113 e. The molecule has 0 bridgehead atoms. The van der Waals surface area contributed by atoms with Gasteiger partial charge in [-0.1, -0.05) is 43.3 Å². The molecule has 0 spiro atoms. The Bertz CT molecular complexity index is 1020. The molecule has 0 aliphatic rings. The van der Waals surface area contributed by atoms with E-state index in [9.17, 15) is 0 Å². The number of benzene rings is 2. The summed E-state index contributed by atoms with van der Waals surface area (Å²) in [4.78, 5) is 6.57. The lowest BCUT2D eigenvalue weighted by atomic mass is 10.3. The van der Waals surface area contributed by atoms with E-state index in [0.717, 1.165) is 61.3 Å². The van der Waals surface area contributed by atoms with Gasteiger partial charge in [0.2, 0.25) is 0 Å². The Kier molecular flexibility index (Phi) is 6.12. The van der Waals surface area contributed by atoms with Gasteiger partial charge in [0.15, 0.2) is 0 Å². The number of hydrogen-bond acceptors (Lipinski definition) is 6. The highest BCUT2D eigenvalue weighted by Crippen LogP contribution is 2.11. The van der Waals surface area contributed by atoms with E-state index in [0.29, 0.717) is 6.67 Å². The Morgan fingerprint density at radius 3 is 2.00 bits per heavy atom. The fourth-order valence-electron chi connectivity index (χ4n) is 3.53. The Hall–Kier alpha value is -2.84. The zero-order chi connectivity index (χ0) is 20.1. The van der Waals surface area contributed by atoms with E-state index >= 15 is 0 Å². The van der Waals surface area contributed by atoms with Gasteiger partial charge in [0.05, 0.1) is 12.2 Å². The minimum atomic E-state index is 0.713. The van der Waals surface area contributed by atoms with Crippen molar-refractivity contribution in [3.05, 3.63) is 48.5 Å². The lowest BCUT2D eigenvalue weighted by Gasteiger charge is -2.23. The summed E-state index contributed by atoms with van der Waals surface area (Å²) in [5, 5.41) is 17.7. The number of hydrogen-bond donors (Lipinski definition) is 0. The summed E-state index contributed by atoms with van der Waals surface area (Å²) < 4.78 is 1.98. The minimum absolute atomic E-state index is 0.713. The quantitative estimate of drug-likeness (QED) is 0.413. The van der Waals surface area contributed by atoms with Gasteiger partial charge in [0.1, 0.15) is 23.2 Å². The van der Waals surface area contributed by atoms with Gasteiger partial charge in [-0.2, -0.15) is 15.0 Å². The van der Waals surface area contributed by atoms with Crippen molar-refractivity contribution < 1.29 is 0 Å². The first-order valence-electron chi connectivity index (χ1n) is 10.3. The smallest absolute Gasteiger partial charge is 0.113 e. The molecular weight excluding hydrogens is 364 g/mol. The van der Waals surface area contributed by atoms with E-state index in [4.69, 9.17) is 0 Å². The molecule has 0 atom stereocenters. The van der Waals surface area contributed by atoms with Crippen molar-refractivity contribution in [3.8, 4) is 0 Å². The molecule has 8 nitrogen and oxygen atoms in total. The van der Waals surface area contributed by atoms with Gasteiger partial charge >= 0.3 is 0 Å². The third kappa shape index (κ3) is 4.60. The van der Waals surface area contributed by atoms with Crippen molar-refractivity contribution in [1.82, 2.24) is 39.8 Å². The van der Waals surface area contributed by atoms with Crippen molar-refractivity contribution in [3.63, 3.8) is 0 Å². The molecule has 8 heteroatoms. The Morgan fingerprint density at radius 2 is 1.34 bits per heavy atom. The molecule has 0 radical (unpaired) electrons. The normalized spacial score (nSPS) is 12.0. The average molecular weight is 393 g/mol. The molecule has 0 N–H and O–H groups in total. The number of aromatic nitrogens is 6. The van der Waals surface area contributed by atoms with Crippen molar-refractivity contribution in [1.29, 1.82) is 0 Å². The van der Waals surface area contributed by atoms with Gasteiger partial charge in [0.25, 0.3) is 0 Å². The van der Waals surface area contributed by atoms with E-state index in [-0.39, 0.29) is 0 Å². The zero-order valence-corrected chi connectivity index (χ0v) is 17.1. The second-order valence-electron chi connectivity index (χ2n) is 7.20. The summed E-state index contributed by atoms with van der Waals surface area (Å²) in [6.45, 7) is 9.81. The second kappa shape index (κ2) is 9.11. The van der Waals surface area contributed by atoms with Gasteiger partial charge in [-0.25, -0.2) is 4.68 Å². The lowest BCUT2D eigenvalue weighted by Crippen LogP contribution is -2.33. The highest BCUT2D eigenvalue weighted by molar-refractivity contribution is 5.74. The number of rotatable bonds is 10. The third-order valence-electron chi connectivity index (χ3n) is 5.25. The summed E-state index contributed by atoms with van der Waals surface area (Å²) in [7, 11) is 0. The molecule has 29 heavy (non-hydrogen) atoms. The molecule has 0 fully saturated rings. The van der Waals surface area contributed by atoms with Crippen LogP contribution in [-0.2, 0) is 13.3 Å².